The van der Waals surface area contributed by atoms with Crippen molar-refractivity contribution in [3.05, 3.63) is 71.3 Å². The molecule has 3 heteroatoms. The van der Waals surface area contributed by atoms with Crippen LogP contribution in [0.15, 0.2) is 54.6 Å². The molecular formula is C21H27NO2. The van der Waals surface area contributed by atoms with Gasteiger partial charge < -0.3 is 10.1 Å². The molecule has 0 saturated carbocycles. The van der Waals surface area contributed by atoms with E-state index >= 15 is 0 Å². The summed E-state index contributed by atoms with van der Waals surface area (Å²) in [5, 5.41) is 2.90. The third kappa shape index (κ3) is 6.17. The van der Waals surface area contributed by atoms with Crippen LogP contribution in [0.2, 0.25) is 0 Å². The van der Waals surface area contributed by atoms with Crippen molar-refractivity contribution in [1.82, 2.24) is 5.32 Å². The van der Waals surface area contributed by atoms with E-state index in [-0.39, 0.29) is 17.9 Å². The van der Waals surface area contributed by atoms with Gasteiger partial charge in [0.2, 0.25) is 5.91 Å². The van der Waals surface area contributed by atoms with Crippen molar-refractivity contribution in [3.8, 4) is 0 Å². The Morgan fingerprint density at radius 1 is 0.958 bits per heavy atom. The normalized spacial score (nSPS) is 11.3. The van der Waals surface area contributed by atoms with Crippen LogP contribution in [-0.2, 0) is 28.0 Å². The third-order valence-electron chi connectivity index (χ3n) is 3.90. The van der Waals surface area contributed by atoms with Crippen molar-refractivity contribution in [2.24, 2.45) is 0 Å². The number of benzene rings is 2. The van der Waals surface area contributed by atoms with E-state index in [2.05, 4.69) is 50.4 Å². The zero-order chi connectivity index (χ0) is 17.4. The Morgan fingerprint density at radius 3 is 2.25 bits per heavy atom. The molecule has 24 heavy (non-hydrogen) atoms. The molecule has 1 amide bonds. The Morgan fingerprint density at radius 2 is 1.62 bits per heavy atom. The van der Waals surface area contributed by atoms with Gasteiger partial charge in [0.05, 0.1) is 6.61 Å². The summed E-state index contributed by atoms with van der Waals surface area (Å²) in [5.41, 5.74) is 3.80. The maximum atomic E-state index is 11.8. The van der Waals surface area contributed by atoms with E-state index in [0.29, 0.717) is 13.2 Å². The summed E-state index contributed by atoms with van der Waals surface area (Å²) in [7, 11) is 0. The van der Waals surface area contributed by atoms with Crippen LogP contribution in [0.5, 0.6) is 0 Å². The fraction of sp³-hybridized carbons (Fsp3) is 0.381. The van der Waals surface area contributed by atoms with Gasteiger partial charge in [-0.15, -0.1) is 0 Å². The average molecular weight is 325 g/mol. The summed E-state index contributed by atoms with van der Waals surface area (Å²) >= 11 is 0. The highest BCUT2D eigenvalue weighted by atomic mass is 16.5. The van der Waals surface area contributed by atoms with Crippen LogP contribution >= 0.6 is 0 Å². The van der Waals surface area contributed by atoms with Gasteiger partial charge in [-0.2, -0.15) is 0 Å². The molecule has 0 saturated heterocycles. The highest BCUT2D eigenvalue weighted by molar-refractivity contribution is 5.77. The monoisotopic (exact) mass is 325 g/mol. The lowest BCUT2D eigenvalue weighted by molar-refractivity contribution is -0.126. The molecule has 2 aromatic carbocycles. The summed E-state index contributed by atoms with van der Waals surface area (Å²) in [6.07, 6.45) is 0.828. The van der Waals surface area contributed by atoms with E-state index in [1.54, 1.807) is 0 Å². The van der Waals surface area contributed by atoms with E-state index in [4.69, 9.17) is 4.74 Å². The highest BCUT2D eigenvalue weighted by Crippen LogP contribution is 2.22. The van der Waals surface area contributed by atoms with Gasteiger partial charge >= 0.3 is 0 Å². The van der Waals surface area contributed by atoms with Gasteiger partial charge in [0.25, 0.3) is 0 Å². The van der Waals surface area contributed by atoms with E-state index in [9.17, 15) is 4.79 Å². The van der Waals surface area contributed by atoms with Crippen LogP contribution in [0, 0.1) is 0 Å². The predicted molar refractivity (Wildman–Crippen MR) is 98.0 cm³/mol. The third-order valence-corrected chi connectivity index (χ3v) is 3.90. The molecule has 128 valence electrons. The Balaban J connectivity index is 1.65. The molecule has 0 radical (unpaired) electrons. The Kier molecular flexibility index (Phi) is 6.56. The average Bonchev–Trinajstić information content (AvgIpc) is 2.55. The predicted octanol–water partition coefficient (Wildman–Crippen LogP) is 3.86. The molecule has 3 nitrogen and oxygen atoms in total. The molecule has 0 bridgehead atoms. The van der Waals surface area contributed by atoms with Crippen LogP contribution in [0.3, 0.4) is 0 Å². The van der Waals surface area contributed by atoms with Crippen LogP contribution < -0.4 is 5.32 Å². The van der Waals surface area contributed by atoms with E-state index in [1.165, 1.54) is 11.1 Å². The quantitative estimate of drug-likeness (QED) is 0.839. The summed E-state index contributed by atoms with van der Waals surface area (Å²) in [6.45, 7) is 7.80. The van der Waals surface area contributed by atoms with Gasteiger partial charge in [-0.25, -0.2) is 0 Å². The fourth-order valence-electron chi connectivity index (χ4n) is 2.40. The molecule has 2 rings (SSSR count). The molecule has 0 aliphatic heterocycles. The van der Waals surface area contributed by atoms with Crippen molar-refractivity contribution >= 4 is 5.91 Å². The van der Waals surface area contributed by atoms with Crippen LogP contribution in [0.25, 0.3) is 0 Å². The van der Waals surface area contributed by atoms with Crippen molar-refractivity contribution in [3.63, 3.8) is 0 Å². The number of ether oxygens (including phenoxy) is 1. The minimum Gasteiger partial charge on any atom is -0.367 e. The molecule has 0 spiro atoms. The SMILES string of the molecule is CC(C)(C)c1ccc(CCNC(=O)COCc2ccccc2)cc1. The lowest BCUT2D eigenvalue weighted by Crippen LogP contribution is -2.29. The number of hydrogen-bond donors (Lipinski definition) is 1. The molecule has 0 aromatic heterocycles. The summed E-state index contributed by atoms with van der Waals surface area (Å²) < 4.78 is 5.43. The number of carbonyl (C=O) groups is 1. The maximum Gasteiger partial charge on any atom is 0.246 e. The van der Waals surface area contributed by atoms with Gasteiger partial charge in [0, 0.05) is 6.54 Å². The van der Waals surface area contributed by atoms with Gasteiger partial charge in [-0.1, -0.05) is 75.4 Å². The van der Waals surface area contributed by atoms with Crippen LogP contribution in [-0.4, -0.2) is 19.1 Å². The van der Waals surface area contributed by atoms with E-state index < -0.39 is 0 Å². The first-order chi connectivity index (χ1) is 11.4. The molecule has 0 fully saturated rings. The molecule has 0 heterocycles. The molecule has 1 N–H and O–H groups in total. The van der Waals surface area contributed by atoms with Crippen molar-refractivity contribution in [2.45, 2.75) is 39.2 Å². The standard InChI is InChI=1S/C21H27NO2/c1-21(2,3)19-11-9-17(10-12-19)13-14-22-20(23)16-24-15-18-7-5-4-6-8-18/h4-12H,13-16H2,1-3H3,(H,22,23). The molecular weight excluding hydrogens is 298 g/mol. The molecule has 0 unspecified atom stereocenters. The van der Waals surface area contributed by atoms with Gasteiger partial charge in [0.15, 0.2) is 0 Å². The van der Waals surface area contributed by atoms with Crippen LogP contribution in [0.1, 0.15) is 37.5 Å². The van der Waals surface area contributed by atoms with E-state index in [0.717, 1.165) is 12.0 Å². The second kappa shape index (κ2) is 8.65. The number of rotatable bonds is 7. The molecule has 0 aliphatic carbocycles. The Labute approximate surface area is 145 Å². The summed E-state index contributed by atoms with van der Waals surface area (Å²) in [4.78, 5) is 11.8. The number of carbonyl (C=O) groups excluding carboxylic acids is 1. The Bertz CT molecular complexity index is 627. The van der Waals surface area contributed by atoms with Gasteiger partial charge in [0.1, 0.15) is 6.61 Å². The minimum atomic E-state index is -0.0720. The first-order valence-corrected chi connectivity index (χ1v) is 8.43. The Hall–Kier alpha value is -2.13. The highest BCUT2D eigenvalue weighted by Gasteiger charge is 2.12. The van der Waals surface area contributed by atoms with Crippen molar-refractivity contribution in [1.29, 1.82) is 0 Å². The second-order valence-electron chi connectivity index (χ2n) is 7.03. The van der Waals surface area contributed by atoms with Gasteiger partial charge in [-0.3, -0.25) is 4.79 Å². The van der Waals surface area contributed by atoms with Crippen molar-refractivity contribution < 1.29 is 9.53 Å². The lowest BCUT2D eigenvalue weighted by Gasteiger charge is -2.19. The zero-order valence-electron chi connectivity index (χ0n) is 14.8. The largest absolute Gasteiger partial charge is 0.367 e. The van der Waals surface area contributed by atoms with E-state index in [1.807, 2.05) is 30.3 Å². The first kappa shape index (κ1) is 18.2. The molecule has 2 aromatic rings. The summed E-state index contributed by atoms with van der Waals surface area (Å²) in [6, 6.07) is 18.5. The van der Waals surface area contributed by atoms with Crippen molar-refractivity contribution in [2.75, 3.05) is 13.2 Å². The fourth-order valence-corrected chi connectivity index (χ4v) is 2.40. The topological polar surface area (TPSA) is 38.3 Å². The number of nitrogens with one attached hydrogen (secondary N) is 1. The maximum absolute atomic E-state index is 11.8. The van der Waals surface area contributed by atoms with Crippen LogP contribution in [0.4, 0.5) is 0 Å². The summed E-state index contributed by atoms with van der Waals surface area (Å²) in [5.74, 6) is -0.0720. The lowest BCUT2D eigenvalue weighted by atomic mass is 9.86. The minimum absolute atomic E-state index is 0.0720. The number of hydrogen-bond acceptors (Lipinski definition) is 2. The van der Waals surface area contributed by atoms with Gasteiger partial charge in [-0.05, 0) is 28.5 Å². The molecule has 0 atom stereocenters. The molecule has 0 aliphatic rings. The second-order valence-corrected chi connectivity index (χ2v) is 7.03. The zero-order valence-corrected chi connectivity index (χ0v) is 14.8. The first-order valence-electron chi connectivity index (χ1n) is 8.43. The number of amides is 1. The smallest absolute Gasteiger partial charge is 0.246 e.